The molecule has 1 heterocycles. The molecular formula is C17H18ClNO4S. The minimum atomic E-state index is -3.74. The Morgan fingerprint density at radius 2 is 2.00 bits per heavy atom. The van der Waals surface area contributed by atoms with Crippen LogP contribution in [0.25, 0.3) is 0 Å². The van der Waals surface area contributed by atoms with Gasteiger partial charge in [-0.15, -0.1) is 0 Å². The van der Waals surface area contributed by atoms with Crippen LogP contribution in [0.4, 0.5) is 5.69 Å². The zero-order valence-corrected chi connectivity index (χ0v) is 14.9. The molecule has 0 spiro atoms. The number of methoxy groups -OCH3 is 1. The van der Waals surface area contributed by atoms with Gasteiger partial charge in [0.15, 0.2) is 0 Å². The maximum Gasteiger partial charge on any atom is 0.264 e. The predicted molar refractivity (Wildman–Crippen MR) is 93.3 cm³/mol. The van der Waals surface area contributed by atoms with Gasteiger partial charge in [-0.05, 0) is 55.3 Å². The van der Waals surface area contributed by atoms with Gasteiger partial charge in [0.05, 0.1) is 23.8 Å². The van der Waals surface area contributed by atoms with E-state index in [-0.39, 0.29) is 11.4 Å². The summed E-state index contributed by atoms with van der Waals surface area (Å²) in [7, 11) is -2.19. The topological polar surface area (TPSA) is 66.8 Å². The van der Waals surface area contributed by atoms with E-state index in [4.69, 9.17) is 16.3 Å². The first-order valence-electron chi connectivity index (χ1n) is 7.49. The molecule has 1 aliphatic rings. The lowest BCUT2D eigenvalue weighted by Gasteiger charge is -2.33. The Morgan fingerprint density at radius 1 is 1.25 bits per heavy atom. The molecule has 0 aromatic heterocycles. The average Bonchev–Trinajstić information content (AvgIpc) is 2.55. The van der Waals surface area contributed by atoms with Crippen LogP contribution in [0.2, 0.25) is 5.02 Å². The smallest absolute Gasteiger partial charge is 0.264 e. The van der Waals surface area contributed by atoms with Crippen LogP contribution in [0.3, 0.4) is 0 Å². The third kappa shape index (κ3) is 2.85. The van der Waals surface area contributed by atoms with E-state index >= 15 is 0 Å². The number of anilines is 1. The van der Waals surface area contributed by atoms with Gasteiger partial charge >= 0.3 is 0 Å². The minimum absolute atomic E-state index is 0.193. The van der Waals surface area contributed by atoms with Crippen molar-refractivity contribution in [1.82, 2.24) is 0 Å². The molecule has 1 N–H and O–H groups in total. The van der Waals surface area contributed by atoms with E-state index in [2.05, 4.69) is 0 Å². The molecular weight excluding hydrogens is 350 g/mol. The van der Waals surface area contributed by atoms with Crippen LogP contribution < -0.4 is 9.04 Å². The third-order valence-corrected chi connectivity index (χ3v) is 6.22. The van der Waals surface area contributed by atoms with Crippen molar-refractivity contribution in [2.45, 2.75) is 24.3 Å². The number of aliphatic hydroxyl groups is 1. The molecule has 24 heavy (non-hydrogen) atoms. The SMILES string of the molecule is COc1ccc(S(=O)(=O)N2CCC(O)c3cc(Cl)ccc32)cc1C. The second kappa shape index (κ2) is 6.27. The Bertz CT molecular complexity index is 882. The van der Waals surface area contributed by atoms with Crippen LogP contribution in [-0.2, 0) is 10.0 Å². The molecule has 1 atom stereocenters. The van der Waals surface area contributed by atoms with Crippen molar-refractivity contribution in [2.75, 3.05) is 18.0 Å². The van der Waals surface area contributed by atoms with Gasteiger partial charge in [-0.3, -0.25) is 4.31 Å². The second-order valence-electron chi connectivity index (χ2n) is 5.72. The summed E-state index contributed by atoms with van der Waals surface area (Å²) in [5.74, 6) is 0.634. The summed E-state index contributed by atoms with van der Waals surface area (Å²) in [6.07, 6.45) is -0.399. The highest BCUT2D eigenvalue weighted by Crippen LogP contribution is 2.38. The van der Waals surface area contributed by atoms with E-state index < -0.39 is 16.1 Å². The molecule has 0 radical (unpaired) electrons. The Morgan fingerprint density at radius 3 is 2.67 bits per heavy atom. The molecule has 0 aliphatic carbocycles. The fraction of sp³-hybridized carbons (Fsp3) is 0.294. The number of ether oxygens (including phenoxy) is 1. The molecule has 0 amide bonds. The standard InChI is InChI=1S/C17H18ClNO4S/c1-11-9-13(4-6-17(11)23-2)24(21,22)19-8-7-16(20)14-10-12(18)3-5-15(14)19/h3-6,9-10,16,20H,7-8H2,1-2H3. The first-order valence-corrected chi connectivity index (χ1v) is 9.31. The highest BCUT2D eigenvalue weighted by Gasteiger charge is 2.32. The fourth-order valence-corrected chi connectivity index (χ4v) is 4.69. The number of aryl methyl sites for hydroxylation is 1. The lowest BCUT2D eigenvalue weighted by Crippen LogP contribution is -2.36. The van der Waals surface area contributed by atoms with Crippen LogP contribution in [-0.4, -0.2) is 27.2 Å². The Labute approximate surface area is 146 Å². The summed E-state index contributed by atoms with van der Waals surface area (Å²) in [5, 5.41) is 10.6. The summed E-state index contributed by atoms with van der Waals surface area (Å²) >= 11 is 5.98. The molecule has 1 unspecified atom stereocenters. The number of sulfonamides is 1. The molecule has 0 saturated heterocycles. The number of rotatable bonds is 3. The van der Waals surface area contributed by atoms with E-state index in [9.17, 15) is 13.5 Å². The minimum Gasteiger partial charge on any atom is -0.496 e. The van der Waals surface area contributed by atoms with Crippen molar-refractivity contribution >= 4 is 27.3 Å². The van der Waals surface area contributed by atoms with Crippen LogP contribution in [0.5, 0.6) is 5.75 Å². The molecule has 0 saturated carbocycles. The first-order chi connectivity index (χ1) is 11.3. The van der Waals surface area contributed by atoms with Gasteiger partial charge < -0.3 is 9.84 Å². The van der Waals surface area contributed by atoms with Crippen molar-refractivity contribution < 1.29 is 18.3 Å². The molecule has 2 aromatic carbocycles. The van der Waals surface area contributed by atoms with Gasteiger partial charge in [0.1, 0.15) is 5.75 Å². The van der Waals surface area contributed by atoms with Crippen molar-refractivity contribution in [3.8, 4) is 5.75 Å². The molecule has 1 aliphatic heterocycles. The largest absolute Gasteiger partial charge is 0.496 e. The van der Waals surface area contributed by atoms with Gasteiger partial charge in [-0.1, -0.05) is 11.6 Å². The summed E-state index contributed by atoms with van der Waals surface area (Å²) in [4.78, 5) is 0.193. The summed E-state index contributed by atoms with van der Waals surface area (Å²) in [6, 6.07) is 9.64. The van der Waals surface area contributed by atoms with Crippen LogP contribution in [0.15, 0.2) is 41.3 Å². The molecule has 0 fully saturated rings. The first kappa shape index (κ1) is 17.1. The normalized spacial score (nSPS) is 17.5. The fourth-order valence-electron chi connectivity index (χ4n) is 2.92. The van der Waals surface area contributed by atoms with Crippen LogP contribution in [0.1, 0.15) is 23.7 Å². The quantitative estimate of drug-likeness (QED) is 0.903. The van der Waals surface area contributed by atoms with Crippen molar-refractivity contribution in [2.24, 2.45) is 0 Å². The van der Waals surface area contributed by atoms with Crippen LogP contribution >= 0.6 is 11.6 Å². The van der Waals surface area contributed by atoms with E-state index in [1.807, 2.05) is 0 Å². The monoisotopic (exact) mass is 367 g/mol. The molecule has 5 nitrogen and oxygen atoms in total. The Kier molecular flexibility index (Phi) is 4.46. The Hall–Kier alpha value is -1.76. The number of aliphatic hydroxyl groups excluding tert-OH is 1. The number of benzene rings is 2. The lowest BCUT2D eigenvalue weighted by atomic mass is 10.0. The number of hydrogen-bond acceptors (Lipinski definition) is 4. The van der Waals surface area contributed by atoms with E-state index in [1.165, 1.54) is 10.4 Å². The van der Waals surface area contributed by atoms with E-state index in [0.29, 0.717) is 28.4 Å². The number of hydrogen-bond donors (Lipinski definition) is 1. The van der Waals surface area contributed by atoms with Crippen LogP contribution in [0, 0.1) is 6.92 Å². The molecule has 0 bridgehead atoms. The van der Waals surface area contributed by atoms with Crippen molar-refractivity contribution in [1.29, 1.82) is 0 Å². The lowest BCUT2D eigenvalue weighted by molar-refractivity contribution is 0.166. The van der Waals surface area contributed by atoms with Gasteiger partial charge in [0.25, 0.3) is 10.0 Å². The number of halogens is 1. The average molecular weight is 368 g/mol. The van der Waals surface area contributed by atoms with Crippen molar-refractivity contribution in [3.63, 3.8) is 0 Å². The van der Waals surface area contributed by atoms with Gasteiger partial charge in [0.2, 0.25) is 0 Å². The zero-order valence-electron chi connectivity index (χ0n) is 13.4. The van der Waals surface area contributed by atoms with E-state index in [0.717, 1.165) is 5.56 Å². The number of fused-ring (bicyclic) bond motifs is 1. The Balaban J connectivity index is 2.08. The zero-order chi connectivity index (χ0) is 17.5. The summed E-state index contributed by atoms with van der Waals surface area (Å²) in [5.41, 5.74) is 1.74. The molecule has 2 aromatic rings. The summed E-state index contributed by atoms with van der Waals surface area (Å²) in [6.45, 7) is 2.01. The third-order valence-electron chi connectivity index (χ3n) is 4.18. The maximum absolute atomic E-state index is 13.1. The van der Waals surface area contributed by atoms with Gasteiger partial charge in [-0.25, -0.2) is 8.42 Å². The van der Waals surface area contributed by atoms with Gasteiger partial charge in [-0.2, -0.15) is 0 Å². The molecule has 128 valence electrons. The molecule has 7 heteroatoms. The maximum atomic E-state index is 13.1. The molecule has 3 rings (SSSR count). The second-order valence-corrected chi connectivity index (χ2v) is 8.01. The highest BCUT2D eigenvalue weighted by molar-refractivity contribution is 7.92. The predicted octanol–water partition coefficient (Wildman–Crippen LogP) is 3.29. The number of nitrogens with zero attached hydrogens (tertiary/aromatic N) is 1. The summed E-state index contributed by atoms with van der Waals surface area (Å²) < 4.78 is 32.6. The van der Waals surface area contributed by atoms with Gasteiger partial charge in [0, 0.05) is 17.1 Å². The highest BCUT2D eigenvalue weighted by atomic mass is 35.5. The van der Waals surface area contributed by atoms with Crippen molar-refractivity contribution in [3.05, 3.63) is 52.5 Å². The van der Waals surface area contributed by atoms with E-state index in [1.54, 1.807) is 44.4 Å².